The van der Waals surface area contributed by atoms with E-state index in [0.717, 1.165) is 43.1 Å². The molecule has 36 heavy (non-hydrogen) atoms. The lowest BCUT2D eigenvalue weighted by atomic mass is 9.87. The standard InChI is InChI=1S/C32H35N3O/c1-3-23-13-15-34(19-23)20-26-21-35-16-14-25(18-31(35)33-26)32-29-12-11-27(36)17-24(29)8-6-10-30(32)28-9-5-4-7-22(28)2/h4-5,7,9,11-12,14,16-18,21,23,36H,3,6,8,10,13,15,19-20H2,1-2H3/t23-/m1/s1. The van der Waals surface area contributed by atoms with Crippen molar-refractivity contribution in [2.45, 2.75) is 52.5 Å². The Morgan fingerprint density at radius 3 is 2.75 bits per heavy atom. The largest absolute Gasteiger partial charge is 0.508 e. The number of aromatic nitrogens is 2. The van der Waals surface area contributed by atoms with Crippen LogP contribution in [0.4, 0.5) is 0 Å². The van der Waals surface area contributed by atoms with Crippen LogP contribution in [-0.4, -0.2) is 32.5 Å². The Hall–Kier alpha value is -3.37. The van der Waals surface area contributed by atoms with E-state index >= 15 is 0 Å². The average Bonchev–Trinajstić information content (AvgIpc) is 3.45. The van der Waals surface area contributed by atoms with Gasteiger partial charge in [-0.1, -0.05) is 43.7 Å². The summed E-state index contributed by atoms with van der Waals surface area (Å²) < 4.78 is 2.16. The lowest BCUT2D eigenvalue weighted by Crippen LogP contribution is -2.20. The Kier molecular flexibility index (Phi) is 6.14. The van der Waals surface area contributed by atoms with Crippen LogP contribution in [0.1, 0.15) is 66.1 Å². The number of aryl methyl sites for hydroxylation is 2. The van der Waals surface area contributed by atoms with Crippen molar-refractivity contribution in [3.8, 4) is 5.75 Å². The van der Waals surface area contributed by atoms with Crippen LogP contribution in [0, 0.1) is 12.8 Å². The van der Waals surface area contributed by atoms with Crippen molar-refractivity contribution in [1.82, 2.24) is 14.3 Å². The topological polar surface area (TPSA) is 40.8 Å². The van der Waals surface area contributed by atoms with Gasteiger partial charge in [-0.05, 0) is 108 Å². The van der Waals surface area contributed by atoms with Crippen LogP contribution in [0.25, 0.3) is 16.8 Å². The highest BCUT2D eigenvalue weighted by atomic mass is 16.3. The molecule has 1 fully saturated rings. The molecule has 0 unspecified atom stereocenters. The summed E-state index contributed by atoms with van der Waals surface area (Å²) in [6.45, 7) is 7.79. The SMILES string of the molecule is CC[C@@H]1CCN(Cc2cn3ccc(C4=C(c5ccccc5C)CCCc5cc(O)ccc54)cc3n2)C1. The van der Waals surface area contributed by atoms with E-state index in [-0.39, 0.29) is 0 Å². The number of hydrogen-bond acceptors (Lipinski definition) is 3. The first-order valence-corrected chi connectivity index (χ1v) is 13.4. The second kappa shape index (κ2) is 9.59. The third-order valence-corrected chi connectivity index (χ3v) is 8.13. The van der Waals surface area contributed by atoms with Gasteiger partial charge in [0.2, 0.25) is 0 Å². The van der Waals surface area contributed by atoms with Gasteiger partial charge in [-0.3, -0.25) is 4.90 Å². The van der Waals surface area contributed by atoms with Gasteiger partial charge in [-0.25, -0.2) is 4.98 Å². The quantitative estimate of drug-likeness (QED) is 0.341. The van der Waals surface area contributed by atoms with Crippen molar-refractivity contribution in [3.63, 3.8) is 0 Å². The van der Waals surface area contributed by atoms with E-state index < -0.39 is 0 Å². The van der Waals surface area contributed by atoms with E-state index in [2.05, 4.69) is 78.0 Å². The van der Waals surface area contributed by atoms with E-state index in [9.17, 15) is 5.11 Å². The van der Waals surface area contributed by atoms with Gasteiger partial charge >= 0.3 is 0 Å². The molecule has 4 heteroatoms. The number of phenols is 1. The molecule has 1 N–H and O–H groups in total. The van der Waals surface area contributed by atoms with Gasteiger partial charge in [0.1, 0.15) is 11.4 Å². The monoisotopic (exact) mass is 477 g/mol. The van der Waals surface area contributed by atoms with Gasteiger partial charge in [0, 0.05) is 25.5 Å². The molecule has 2 aromatic heterocycles. The molecule has 6 rings (SSSR count). The zero-order valence-corrected chi connectivity index (χ0v) is 21.4. The lowest BCUT2D eigenvalue weighted by molar-refractivity contribution is 0.312. The first-order chi connectivity index (χ1) is 17.6. The molecule has 0 radical (unpaired) electrons. The molecule has 184 valence electrons. The second-order valence-corrected chi connectivity index (χ2v) is 10.6. The minimum absolute atomic E-state index is 0.341. The highest BCUT2D eigenvalue weighted by Gasteiger charge is 2.23. The van der Waals surface area contributed by atoms with E-state index in [1.165, 1.54) is 64.9 Å². The Labute approximate surface area is 213 Å². The maximum atomic E-state index is 10.2. The van der Waals surface area contributed by atoms with Crippen molar-refractivity contribution < 1.29 is 5.11 Å². The number of phenolic OH excluding ortho intramolecular Hbond substituents is 1. The number of rotatable bonds is 5. The molecular formula is C32H35N3O. The molecule has 2 aliphatic rings. The maximum absolute atomic E-state index is 10.2. The molecule has 2 aromatic carbocycles. The van der Waals surface area contributed by atoms with Crippen LogP contribution in [0.3, 0.4) is 0 Å². The number of imidazole rings is 1. The van der Waals surface area contributed by atoms with Gasteiger partial charge in [0.25, 0.3) is 0 Å². The number of likely N-dealkylation sites (tertiary alicyclic amines) is 1. The van der Waals surface area contributed by atoms with E-state index in [0.29, 0.717) is 5.75 Å². The molecule has 1 aliphatic carbocycles. The smallest absolute Gasteiger partial charge is 0.137 e. The van der Waals surface area contributed by atoms with Crippen molar-refractivity contribution in [2.75, 3.05) is 13.1 Å². The Morgan fingerprint density at radius 2 is 1.92 bits per heavy atom. The molecule has 3 heterocycles. The van der Waals surface area contributed by atoms with E-state index in [1.807, 2.05) is 12.1 Å². The van der Waals surface area contributed by atoms with Gasteiger partial charge in [0.15, 0.2) is 0 Å². The number of fused-ring (bicyclic) bond motifs is 2. The molecule has 0 amide bonds. The Morgan fingerprint density at radius 1 is 1.03 bits per heavy atom. The molecule has 1 aliphatic heterocycles. The number of pyridine rings is 1. The molecule has 0 bridgehead atoms. The number of nitrogens with zero attached hydrogens (tertiary/aromatic N) is 3. The first-order valence-electron chi connectivity index (χ1n) is 13.4. The summed E-state index contributed by atoms with van der Waals surface area (Å²) in [5, 5.41) is 10.2. The normalized spacial score (nSPS) is 18.6. The van der Waals surface area contributed by atoms with Gasteiger partial charge in [-0.2, -0.15) is 0 Å². The summed E-state index contributed by atoms with van der Waals surface area (Å²) in [7, 11) is 0. The third kappa shape index (κ3) is 4.35. The molecule has 1 atom stereocenters. The van der Waals surface area contributed by atoms with Crippen molar-refractivity contribution in [1.29, 1.82) is 0 Å². The zero-order valence-electron chi connectivity index (χ0n) is 21.4. The van der Waals surface area contributed by atoms with Gasteiger partial charge in [-0.15, -0.1) is 0 Å². The Bertz CT molecular complexity index is 1450. The zero-order chi connectivity index (χ0) is 24.6. The van der Waals surface area contributed by atoms with Crippen LogP contribution in [0.5, 0.6) is 5.75 Å². The predicted octanol–water partition coefficient (Wildman–Crippen LogP) is 6.88. The molecule has 4 nitrogen and oxygen atoms in total. The summed E-state index contributed by atoms with van der Waals surface area (Å²) >= 11 is 0. The van der Waals surface area contributed by atoms with Crippen molar-refractivity contribution in [3.05, 3.63) is 101 Å². The average molecular weight is 478 g/mol. The molecule has 0 spiro atoms. The summed E-state index contributed by atoms with van der Waals surface area (Å²) in [5.74, 6) is 1.17. The molecule has 0 saturated carbocycles. The van der Waals surface area contributed by atoms with Crippen LogP contribution in [0.15, 0.2) is 67.0 Å². The summed E-state index contributed by atoms with van der Waals surface area (Å²) in [6.07, 6.45) is 9.96. The lowest BCUT2D eigenvalue weighted by Gasteiger charge is -2.18. The summed E-state index contributed by atoms with van der Waals surface area (Å²) in [4.78, 5) is 7.60. The second-order valence-electron chi connectivity index (χ2n) is 10.6. The fourth-order valence-electron chi connectivity index (χ4n) is 6.17. The first kappa shape index (κ1) is 23.1. The minimum atomic E-state index is 0.341. The van der Waals surface area contributed by atoms with E-state index in [4.69, 9.17) is 4.98 Å². The molecular weight excluding hydrogens is 442 g/mol. The maximum Gasteiger partial charge on any atom is 0.137 e. The Balaban J connectivity index is 1.45. The predicted molar refractivity (Wildman–Crippen MR) is 147 cm³/mol. The third-order valence-electron chi connectivity index (χ3n) is 8.13. The summed E-state index contributed by atoms with van der Waals surface area (Å²) in [5.41, 5.74) is 11.0. The molecule has 4 aromatic rings. The number of aromatic hydroxyl groups is 1. The molecule has 1 saturated heterocycles. The van der Waals surface area contributed by atoms with Crippen LogP contribution >= 0.6 is 0 Å². The fourth-order valence-corrected chi connectivity index (χ4v) is 6.17. The minimum Gasteiger partial charge on any atom is -0.508 e. The van der Waals surface area contributed by atoms with Crippen LogP contribution in [0.2, 0.25) is 0 Å². The van der Waals surface area contributed by atoms with Gasteiger partial charge in [0.05, 0.1) is 5.69 Å². The van der Waals surface area contributed by atoms with Crippen LogP contribution in [-0.2, 0) is 13.0 Å². The van der Waals surface area contributed by atoms with E-state index in [1.54, 1.807) is 0 Å². The van der Waals surface area contributed by atoms with Crippen LogP contribution < -0.4 is 0 Å². The fraction of sp³-hybridized carbons (Fsp3) is 0.344. The van der Waals surface area contributed by atoms with Gasteiger partial charge < -0.3 is 9.51 Å². The number of hydrogen-bond donors (Lipinski definition) is 1. The van der Waals surface area contributed by atoms with Crippen molar-refractivity contribution in [2.24, 2.45) is 5.92 Å². The number of benzene rings is 2. The van der Waals surface area contributed by atoms with Crippen molar-refractivity contribution >= 4 is 16.8 Å². The number of allylic oxidation sites excluding steroid dienone is 1. The highest BCUT2D eigenvalue weighted by molar-refractivity contribution is 6.00. The highest BCUT2D eigenvalue weighted by Crippen LogP contribution is 2.41. The summed E-state index contributed by atoms with van der Waals surface area (Å²) in [6, 6.07) is 19.1.